The molecule has 0 aliphatic carbocycles. The molecule has 0 radical (unpaired) electrons. The molecule has 0 bridgehead atoms. The number of nitriles is 1. The van der Waals surface area contributed by atoms with Crippen molar-refractivity contribution in [1.82, 2.24) is 9.78 Å². The van der Waals surface area contributed by atoms with E-state index in [1.54, 1.807) is 24.0 Å². The van der Waals surface area contributed by atoms with Crippen LogP contribution in [0.25, 0.3) is 10.9 Å². The first-order chi connectivity index (χ1) is 6.20. The first-order valence-corrected chi connectivity index (χ1v) is 3.73. The minimum absolute atomic E-state index is 0.0560. The van der Waals surface area contributed by atoms with Gasteiger partial charge in [-0.3, -0.25) is 4.68 Å². The molecule has 0 fully saturated rings. The van der Waals surface area contributed by atoms with Crippen molar-refractivity contribution in [2.75, 3.05) is 0 Å². The van der Waals surface area contributed by atoms with Gasteiger partial charge < -0.3 is 0 Å². The predicted molar refractivity (Wildman–Crippen MR) is 45.4 cm³/mol. The van der Waals surface area contributed by atoms with Crippen LogP contribution >= 0.6 is 0 Å². The zero-order valence-electron chi connectivity index (χ0n) is 6.95. The molecular weight excluding hydrogens is 169 g/mol. The Kier molecular flexibility index (Phi) is 1.52. The minimum atomic E-state index is -0.520. The lowest BCUT2D eigenvalue weighted by Crippen LogP contribution is -1.85. The fraction of sp³-hybridized carbons (Fsp3) is 0.111. The zero-order chi connectivity index (χ0) is 9.42. The summed E-state index contributed by atoms with van der Waals surface area (Å²) in [6.45, 7) is 0. The number of fused-ring (bicyclic) bond motifs is 1. The van der Waals surface area contributed by atoms with Crippen molar-refractivity contribution in [1.29, 1.82) is 5.26 Å². The molecular formula is C9H6FN3. The second-order valence-electron chi connectivity index (χ2n) is 2.81. The highest BCUT2D eigenvalue weighted by Crippen LogP contribution is 2.16. The van der Waals surface area contributed by atoms with Gasteiger partial charge >= 0.3 is 0 Å². The van der Waals surface area contributed by atoms with Crippen molar-refractivity contribution in [3.63, 3.8) is 0 Å². The number of hydrogen-bond acceptors (Lipinski definition) is 2. The summed E-state index contributed by atoms with van der Waals surface area (Å²) in [5.74, 6) is -0.520. The van der Waals surface area contributed by atoms with Gasteiger partial charge in [-0.2, -0.15) is 10.4 Å². The van der Waals surface area contributed by atoms with Crippen LogP contribution in [-0.4, -0.2) is 9.78 Å². The number of aromatic nitrogens is 2. The van der Waals surface area contributed by atoms with Crippen LogP contribution in [0, 0.1) is 17.1 Å². The minimum Gasteiger partial charge on any atom is -0.275 e. The fourth-order valence-corrected chi connectivity index (χ4v) is 1.26. The SMILES string of the molecule is Cn1cc2cc(C#N)c(F)cc2n1. The molecule has 0 saturated heterocycles. The smallest absolute Gasteiger partial charge is 0.143 e. The third-order valence-corrected chi connectivity index (χ3v) is 1.83. The van der Waals surface area contributed by atoms with Crippen molar-refractivity contribution in [2.45, 2.75) is 0 Å². The van der Waals surface area contributed by atoms with Crippen molar-refractivity contribution >= 4 is 10.9 Å². The number of aryl methyl sites for hydroxylation is 1. The molecule has 13 heavy (non-hydrogen) atoms. The molecule has 0 spiro atoms. The van der Waals surface area contributed by atoms with Crippen molar-refractivity contribution < 1.29 is 4.39 Å². The largest absolute Gasteiger partial charge is 0.275 e. The van der Waals surface area contributed by atoms with Gasteiger partial charge in [-0.15, -0.1) is 0 Å². The summed E-state index contributed by atoms with van der Waals surface area (Å²) in [5, 5.41) is 13.4. The summed E-state index contributed by atoms with van der Waals surface area (Å²) in [7, 11) is 1.75. The number of hydrogen-bond donors (Lipinski definition) is 0. The van der Waals surface area contributed by atoms with Gasteiger partial charge in [0.1, 0.15) is 11.9 Å². The maximum atomic E-state index is 13.1. The van der Waals surface area contributed by atoms with Gasteiger partial charge in [0, 0.05) is 24.7 Å². The Labute approximate surface area is 74.0 Å². The van der Waals surface area contributed by atoms with Gasteiger partial charge in [-0.1, -0.05) is 0 Å². The molecule has 3 nitrogen and oxygen atoms in total. The molecule has 64 valence electrons. The zero-order valence-corrected chi connectivity index (χ0v) is 6.95. The first kappa shape index (κ1) is 7.74. The number of halogens is 1. The Morgan fingerprint density at radius 3 is 3.00 bits per heavy atom. The van der Waals surface area contributed by atoms with Gasteiger partial charge in [-0.25, -0.2) is 4.39 Å². The highest BCUT2D eigenvalue weighted by molar-refractivity contribution is 5.79. The Morgan fingerprint density at radius 2 is 2.31 bits per heavy atom. The van der Waals surface area contributed by atoms with Gasteiger partial charge in [-0.05, 0) is 6.07 Å². The third kappa shape index (κ3) is 1.14. The van der Waals surface area contributed by atoms with Crippen LogP contribution in [-0.2, 0) is 7.05 Å². The fourth-order valence-electron chi connectivity index (χ4n) is 1.26. The highest BCUT2D eigenvalue weighted by atomic mass is 19.1. The first-order valence-electron chi connectivity index (χ1n) is 3.73. The van der Waals surface area contributed by atoms with E-state index in [0.29, 0.717) is 5.52 Å². The Bertz CT molecular complexity index is 507. The molecule has 4 heteroatoms. The average Bonchev–Trinajstić information content (AvgIpc) is 2.42. The normalized spacial score (nSPS) is 10.2. The molecule has 2 aromatic rings. The maximum Gasteiger partial charge on any atom is 0.143 e. The van der Waals surface area contributed by atoms with Crippen LogP contribution in [0.15, 0.2) is 18.3 Å². The van der Waals surface area contributed by atoms with Crippen LogP contribution in [0.3, 0.4) is 0 Å². The maximum absolute atomic E-state index is 13.1. The Morgan fingerprint density at radius 1 is 1.54 bits per heavy atom. The summed E-state index contributed by atoms with van der Waals surface area (Å²) in [6, 6.07) is 4.55. The lowest BCUT2D eigenvalue weighted by Gasteiger charge is -1.91. The summed E-state index contributed by atoms with van der Waals surface area (Å²) >= 11 is 0. The molecule has 1 aromatic carbocycles. The van der Waals surface area contributed by atoms with E-state index in [0.717, 1.165) is 5.39 Å². The molecule has 1 heterocycles. The second kappa shape index (κ2) is 2.56. The molecule has 0 aliphatic heterocycles. The summed E-state index contributed by atoms with van der Waals surface area (Å²) in [4.78, 5) is 0. The Hall–Kier alpha value is -1.89. The van der Waals surface area contributed by atoms with Gasteiger partial charge in [0.25, 0.3) is 0 Å². The van der Waals surface area contributed by atoms with E-state index in [-0.39, 0.29) is 5.56 Å². The summed E-state index contributed by atoms with van der Waals surface area (Å²) in [6.07, 6.45) is 1.75. The molecule has 0 atom stereocenters. The van der Waals surface area contributed by atoms with Crippen LogP contribution in [0.1, 0.15) is 5.56 Å². The van der Waals surface area contributed by atoms with Crippen LogP contribution in [0.4, 0.5) is 4.39 Å². The van der Waals surface area contributed by atoms with Gasteiger partial charge in [0.2, 0.25) is 0 Å². The topological polar surface area (TPSA) is 41.6 Å². The van der Waals surface area contributed by atoms with E-state index in [9.17, 15) is 4.39 Å². The third-order valence-electron chi connectivity index (χ3n) is 1.83. The summed E-state index contributed by atoms with van der Waals surface area (Å²) in [5.41, 5.74) is 0.625. The predicted octanol–water partition coefficient (Wildman–Crippen LogP) is 1.58. The lowest BCUT2D eigenvalue weighted by molar-refractivity contribution is 0.625. The number of nitrogens with zero attached hydrogens (tertiary/aromatic N) is 3. The van der Waals surface area contributed by atoms with E-state index < -0.39 is 5.82 Å². The molecule has 0 amide bonds. The highest BCUT2D eigenvalue weighted by Gasteiger charge is 2.05. The molecule has 1 aromatic heterocycles. The summed E-state index contributed by atoms with van der Waals surface area (Å²) < 4.78 is 14.6. The van der Waals surface area contributed by atoms with Crippen LogP contribution in [0.2, 0.25) is 0 Å². The molecule has 0 N–H and O–H groups in total. The Balaban J connectivity index is 2.82. The number of rotatable bonds is 0. The quantitative estimate of drug-likeness (QED) is 0.610. The van der Waals surface area contributed by atoms with Crippen molar-refractivity contribution in [2.24, 2.45) is 7.05 Å². The number of benzene rings is 1. The van der Waals surface area contributed by atoms with Gasteiger partial charge in [0.05, 0.1) is 11.1 Å². The molecule has 2 rings (SSSR count). The van der Waals surface area contributed by atoms with E-state index >= 15 is 0 Å². The van der Waals surface area contributed by atoms with E-state index in [2.05, 4.69) is 5.10 Å². The molecule has 0 aliphatic rings. The van der Waals surface area contributed by atoms with E-state index in [4.69, 9.17) is 5.26 Å². The average molecular weight is 175 g/mol. The lowest BCUT2D eigenvalue weighted by atomic mass is 10.2. The molecule has 0 unspecified atom stereocenters. The van der Waals surface area contributed by atoms with Crippen LogP contribution < -0.4 is 0 Å². The molecule has 0 saturated carbocycles. The van der Waals surface area contributed by atoms with Crippen LogP contribution in [0.5, 0.6) is 0 Å². The van der Waals surface area contributed by atoms with Crippen molar-refractivity contribution in [3.05, 3.63) is 29.7 Å². The van der Waals surface area contributed by atoms with Gasteiger partial charge in [0.15, 0.2) is 0 Å². The van der Waals surface area contributed by atoms with Crippen molar-refractivity contribution in [3.8, 4) is 6.07 Å². The standard InChI is InChI=1S/C9H6FN3/c1-13-5-7-2-6(4-11)8(10)3-9(7)12-13/h2-3,5H,1H3. The van der Waals surface area contributed by atoms with E-state index in [1.807, 2.05) is 0 Å². The monoisotopic (exact) mass is 175 g/mol. The van der Waals surface area contributed by atoms with E-state index in [1.165, 1.54) is 12.1 Å². The second-order valence-corrected chi connectivity index (χ2v) is 2.81.